The largest absolute Gasteiger partial charge is 0.351 e. The average molecular weight is 251 g/mol. The third-order valence-corrected chi connectivity index (χ3v) is 1.86. The van der Waals surface area contributed by atoms with Gasteiger partial charge in [-0.3, -0.25) is 9.63 Å². The van der Waals surface area contributed by atoms with Crippen LogP contribution >= 0.6 is 0 Å². The minimum Gasteiger partial charge on any atom is -0.351 e. The molecule has 98 valence electrons. The van der Waals surface area contributed by atoms with Crippen molar-refractivity contribution >= 4 is 17.6 Å². The van der Waals surface area contributed by atoms with Crippen LogP contribution in [0, 0.1) is 0 Å². The van der Waals surface area contributed by atoms with Crippen LogP contribution in [0.2, 0.25) is 0 Å². The minimum atomic E-state index is -0.650. The molecule has 0 aliphatic rings. The van der Waals surface area contributed by atoms with E-state index < -0.39 is 11.6 Å². The molecule has 18 heavy (non-hydrogen) atoms. The number of carbonyl (C=O) groups is 2. The number of hydroxylamine groups is 1. The molecule has 0 aliphatic heterocycles. The highest BCUT2D eigenvalue weighted by molar-refractivity contribution is 5.94. The molecule has 6 heteroatoms. The molecule has 3 amide bonds. The fourth-order valence-electron chi connectivity index (χ4n) is 1.11. The van der Waals surface area contributed by atoms with Crippen molar-refractivity contribution in [3.63, 3.8) is 0 Å². The van der Waals surface area contributed by atoms with Crippen LogP contribution in [-0.4, -0.2) is 17.5 Å². The smallest absolute Gasteiger partial charge is 0.316 e. The normalized spacial score (nSPS) is 10.8. The van der Waals surface area contributed by atoms with Crippen LogP contribution in [-0.2, 0) is 4.84 Å². The number of urea groups is 1. The lowest BCUT2D eigenvalue weighted by Gasteiger charge is -2.18. The van der Waals surface area contributed by atoms with Crippen LogP contribution in [0.15, 0.2) is 24.3 Å². The highest BCUT2D eigenvalue weighted by atomic mass is 16.7. The van der Waals surface area contributed by atoms with Crippen molar-refractivity contribution in [1.82, 2.24) is 5.48 Å². The highest BCUT2D eigenvalue weighted by Gasteiger charge is 2.13. The molecule has 6 nitrogen and oxygen atoms in total. The van der Waals surface area contributed by atoms with Crippen LogP contribution < -0.4 is 16.5 Å². The second-order valence-electron chi connectivity index (χ2n) is 4.71. The van der Waals surface area contributed by atoms with Crippen molar-refractivity contribution in [2.75, 3.05) is 5.32 Å². The number of nitrogens with one attached hydrogen (secondary N) is 2. The maximum atomic E-state index is 11.7. The van der Waals surface area contributed by atoms with Gasteiger partial charge >= 0.3 is 6.03 Å². The quantitative estimate of drug-likeness (QED) is 0.713. The minimum absolute atomic E-state index is 0.351. The van der Waals surface area contributed by atoms with Gasteiger partial charge in [0.2, 0.25) is 0 Å². The number of primary amides is 1. The van der Waals surface area contributed by atoms with E-state index in [0.29, 0.717) is 11.3 Å². The van der Waals surface area contributed by atoms with E-state index in [0.717, 1.165) is 0 Å². The van der Waals surface area contributed by atoms with E-state index in [1.54, 1.807) is 24.3 Å². The third kappa shape index (κ3) is 4.84. The topological polar surface area (TPSA) is 93.4 Å². The summed E-state index contributed by atoms with van der Waals surface area (Å²) in [4.78, 5) is 27.4. The molecule has 0 aliphatic carbocycles. The van der Waals surface area contributed by atoms with E-state index in [-0.39, 0.29) is 5.91 Å². The molecule has 0 fully saturated rings. The summed E-state index contributed by atoms with van der Waals surface area (Å²) in [5.41, 5.74) is 7.81. The second-order valence-corrected chi connectivity index (χ2v) is 4.71. The Balaban J connectivity index is 2.62. The molecule has 0 heterocycles. The lowest BCUT2D eigenvalue weighted by Crippen LogP contribution is -2.33. The van der Waals surface area contributed by atoms with Gasteiger partial charge in [0.05, 0.1) is 5.60 Å². The van der Waals surface area contributed by atoms with E-state index in [9.17, 15) is 9.59 Å². The summed E-state index contributed by atoms with van der Waals surface area (Å²) in [5, 5.41) is 2.40. The molecule has 0 saturated carbocycles. The summed E-state index contributed by atoms with van der Waals surface area (Å²) in [7, 11) is 0. The lowest BCUT2D eigenvalue weighted by atomic mass is 10.2. The zero-order valence-electron chi connectivity index (χ0n) is 10.6. The Morgan fingerprint density at radius 3 is 2.17 bits per heavy atom. The summed E-state index contributed by atoms with van der Waals surface area (Å²) in [6.07, 6.45) is 0. The Kier molecular flexibility index (Phi) is 4.28. The summed E-state index contributed by atoms with van der Waals surface area (Å²) in [5.74, 6) is -0.351. The molecule has 0 saturated heterocycles. The zero-order chi connectivity index (χ0) is 13.8. The highest BCUT2D eigenvalue weighted by Crippen LogP contribution is 2.10. The average Bonchev–Trinajstić information content (AvgIpc) is 2.25. The van der Waals surface area contributed by atoms with E-state index in [2.05, 4.69) is 10.8 Å². The standard InChI is InChI=1S/C12H17N3O3/c1-12(2,3)18-15-10(16)8-4-6-9(7-5-8)14-11(13)17/h4-7H,1-3H3,(H,15,16)(H3,13,14,17). The van der Waals surface area contributed by atoms with Gasteiger partial charge in [-0.25, -0.2) is 10.3 Å². The molecule has 0 unspecified atom stereocenters. The lowest BCUT2D eigenvalue weighted by molar-refractivity contribution is -0.0589. The predicted octanol–water partition coefficient (Wildman–Crippen LogP) is 1.64. The van der Waals surface area contributed by atoms with Crippen molar-refractivity contribution in [2.45, 2.75) is 26.4 Å². The molecule has 0 aromatic heterocycles. The maximum Gasteiger partial charge on any atom is 0.316 e. The summed E-state index contributed by atoms with van der Waals surface area (Å²) >= 11 is 0. The van der Waals surface area contributed by atoms with Gasteiger partial charge in [0.1, 0.15) is 0 Å². The van der Waals surface area contributed by atoms with Crippen molar-refractivity contribution < 1.29 is 14.4 Å². The Bertz CT molecular complexity index is 435. The molecule has 0 atom stereocenters. The van der Waals surface area contributed by atoms with Crippen molar-refractivity contribution in [3.05, 3.63) is 29.8 Å². The number of amides is 3. The van der Waals surface area contributed by atoms with Crippen molar-refractivity contribution in [2.24, 2.45) is 5.73 Å². The van der Waals surface area contributed by atoms with Gasteiger partial charge in [-0.2, -0.15) is 0 Å². The SMILES string of the molecule is CC(C)(C)ONC(=O)c1ccc(NC(N)=O)cc1. The molecule has 1 rings (SSSR count). The Morgan fingerprint density at radius 2 is 1.72 bits per heavy atom. The summed E-state index contributed by atoms with van der Waals surface area (Å²) in [6, 6.07) is 5.63. The van der Waals surface area contributed by atoms with Gasteiger partial charge < -0.3 is 11.1 Å². The van der Waals surface area contributed by atoms with Gasteiger partial charge in [0.15, 0.2) is 0 Å². The molecule has 1 aromatic rings. The second kappa shape index (κ2) is 5.50. The first-order valence-corrected chi connectivity index (χ1v) is 5.43. The van der Waals surface area contributed by atoms with Crippen LogP contribution in [0.1, 0.15) is 31.1 Å². The van der Waals surface area contributed by atoms with Crippen LogP contribution in [0.4, 0.5) is 10.5 Å². The molecule has 0 bridgehead atoms. The number of hydrogen-bond acceptors (Lipinski definition) is 3. The van der Waals surface area contributed by atoms with Gasteiger partial charge in [0, 0.05) is 11.3 Å². The molecule has 0 radical (unpaired) electrons. The number of carbonyl (C=O) groups excluding carboxylic acids is 2. The van der Waals surface area contributed by atoms with Gasteiger partial charge in [-0.15, -0.1) is 0 Å². The first kappa shape index (κ1) is 14.0. The number of nitrogens with two attached hydrogens (primary N) is 1. The zero-order valence-corrected chi connectivity index (χ0v) is 10.6. The number of anilines is 1. The molecular formula is C12H17N3O3. The first-order chi connectivity index (χ1) is 8.28. The number of hydrogen-bond donors (Lipinski definition) is 3. The van der Waals surface area contributed by atoms with Crippen LogP contribution in [0.25, 0.3) is 0 Å². The van der Waals surface area contributed by atoms with Crippen LogP contribution in [0.3, 0.4) is 0 Å². The monoisotopic (exact) mass is 251 g/mol. The van der Waals surface area contributed by atoms with Crippen LogP contribution in [0.5, 0.6) is 0 Å². The molecular weight excluding hydrogens is 234 g/mol. The van der Waals surface area contributed by atoms with E-state index in [1.165, 1.54) is 0 Å². The van der Waals surface area contributed by atoms with Gasteiger partial charge in [-0.05, 0) is 45.0 Å². The summed E-state index contributed by atoms with van der Waals surface area (Å²) < 4.78 is 0. The van der Waals surface area contributed by atoms with Crippen molar-refractivity contribution in [3.8, 4) is 0 Å². The number of rotatable bonds is 3. The molecule has 0 spiro atoms. The third-order valence-electron chi connectivity index (χ3n) is 1.86. The number of benzene rings is 1. The molecule has 4 N–H and O–H groups in total. The molecule has 1 aromatic carbocycles. The van der Waals surface area contributed by atoms with E-state index in [4.69, 9.17) is 10.6 Å². The first-order valence-electron chi connectivity index (χ1n) is 5.43. The van der Waals surface area contributed by atoms with E-state index in [1.807, 2.05) is 20.8 Å². The fraction of sp³-hybridized carbons (Fsp3) is 0.333. The Hall–Kier alpha value is -2.08. The van der Waals surface area contributed by atoms with E-state index >= 15 is 0 Å². The van der Waals surface area contributed by atoms with Gasteiger partial charge in [-0.1, -0.05) is 0 Å². The maximum absolute atomic E-state index is 11.7. The summed E-state index contributed by atoms with van der Waals surface area (Å²) in [6.45, 7) is 5.48. The van der Waals surface area contributed by atoms with Gasteiger partial charge in [0.25, 0.3) is 5.91 Å². The van der Waals surface area contributed by atoms with Crippen molar-refractivity contribution in [1.29, 1.82) is 0 Å². The predicted molar refractivity (Wildman–Crippen MR) is 68.0 cm³/mol. The Morgan fingerprint density at radius 1 is 1.17 bits per heavy atom. The fourth-order valence-corrected chi connectivity index (χ4v) is 1.11. The Labute approximate surface area is 105 Å².